The Balaban J connectivity index is 1.47. The Kier molecular flexibility index (Phi) is 8.25. The second-order valence-corrected chi connectivity index (χ2v) is 7.49. The Bertz CT molecular complexity index is 770. The Hall–Kier alpha value is -3.58. The summed E-state index contributed by atoms with van der Waals surface area (Å²) in [5.41, 5.74) is 22.8. The van der Waals surface area contributed by atoms with Crippen molar-refractivity contribution in [2.24, 2.45) is 0 Å². The normalized spacial score (nSPS) is 10.7. The third-order valence-corrected chi connectivity index (χ3v) is 5.00. The van der Waals surface area contributed by atoms with Gasteiger partial charge in [-0.1, -0.05) is 0 Å². The number of nitrogens with one attached hydrogen (secondary N) is 3. The number of nitrogens with zero attached hydrogens (tertiary/aromatic N) is 1. The Labute approximate surface area is 184 Å². The molecule has 0 amide bonds. The first-order valence-electron chi connectivity index (χ1n) is 10.6. The van der Waals surface area contributed by atoms with E-state index in [1.165, 1.54) is 0 Å². The first kappa shape index (κ1) is 22.1. The van der Waals surface area contributed by atoms with Crippen LogP contribution in [-0.4, -0.2) is 44.2 Å². The zero-order valence-corrected chi connectivity index (χ0v) is 17.9. The van der Waals surface area contributed by atoms with E-state index < -0.39 is 0 Å². The molecule has 0 spiro atoms. The molecule has 0 aliphatic carbocycles. The van der Waals surface area contributed by atoms with Gasteiger partial charge in [-0.3, -0.25) is 4.90 Å². The first-order chi connectivity index (χ1) is 15.1. The minimum absolute atomic E-state index is 0.773. The summed E-state index contributed by atoms with van der Waals surface area (Å²) in [7, 11) is 0. The summed E-state index contributed by atoms with van der Waals surface area (Å²) < 4.78 is 0. The van der Waals surface area contributed by atoms with Gasteiger partial charge in [0, 0.05) is 73.4 Å². The molecule has 31 heavy (non-hydrogen) atoms. The molecule has 7 heteroatoms. The number of anilines is 6. The Morgan fingerprint density at radius 1 is 0.452 bits per heavy atom. The predicted octanol–water partition coefficient (Wildman–Crippen LogP) is 3.37. The van der Waals surface area contributed by atoms with Gasteiger partial charge in [0.25, 0.3) is 0 Å². The molecule has 0 saturated carbocycles. The lowest BCUT2D eigenvalue weighted by Gasteiger charge is -2.24. The molecule has 7 nitrogen and oxygen atoms in total. The van der Waals surface area contributed by atoms with Gasteiger partial charge in [-0.05, 0) is 72.8 Å². The highest BCUT2D eigenvalue weighted by atomic mass is 15.2. The summed E-state index contributed by atoms with van der Waals surface area (Å²) in [6.45, 7) is 5.35. The maximum Gasteiger partial charge on any atom is 0.0342 e. The maximum absolute atomic E-state index is 5.76. The minimum atomic E-state index is 0.773. The van der Waals surface area contributed by atoms with Crippen molar-refractivity contribution in [3.63, 3.8) is 0 Å². The molecule has 0 atom stereocenters. The molecule has 0 radical (unpaired) electrons. The van der Waals surface area contributed by atoms with Crippen molar-refractivity contribution in [2.75, 3.05) is 72.4 Å². The molecule has 0 heterocycles. The van der Waals surface area contributed by atoms with Crippen LogP contribution < -0.4 is 33.2 Å². The first-order valence-corrected chi connectivity index (χ1v) is 10.6. The van der Waals surface area contributed by atoms with Crippen LogP contribution in [0, 0.1) is 0 Å². The Morgan fingerprint density at radius 2 is 0.710 bits per heavy atom. The molecule has 0 aromatic heterocycles. The van der Waals surface area contributed by atoms with E-state index in [9.17, 15) is 0 Å². The molecular formula is C24H33N7. The fourth-order valence-electron chi connectivity index (χ4n) is 3.21. The van der Waals surface area contributed by atoms with Crippen molar-refractivity contribution in [1.29, 1.82) is 0 Å². The van der Waals surface area contributed by atoms with E-state index in [2.05, 4.69) is 20.9 Å². The monoisotopic (exact) mass is 419 g/mol. The zero-order valence-electron chi connectivity index (χ0n) is 17.9. The maximum atomic E-state index is 5.76. The number of rotatable bonds is 12. The smallest absolute Gasteiger partial charge is 0.0342 e. The standard InChI is InChI=1S/C24H33N7/c25-19-1-7-22(8-2-19)28-13-16-31(17-14-29-23-9-3-20(26)4-10-23)18-15-30-24-11-5-21(27)6-12-24/h1-12,28-30H,13-18,25-27H2. The topological polar surface area (TPSA) is 117 Å². The van der Waals surface area contributed by atoms with Crippen LogP contribution in [-0.2, 0) is 0 Å². The molecule has 0 aliphatic heterocycles. The third kappa shape index (κ3) is 7.98. The van der Waals surface area contributed by atoms with Crippen molar-refractivity contribution in [2.45, 2.75) is 0 Å². The van der Waals surface area contributed by atoms with E-state index in [0.29, 0.717) is 0 Å². The molecule has 0 fully saturated rings. The van der Waals surface area contributed by atoms with Gasteiger partial charge in [0.2, 0.25) is 0 Å². The largest absolute Gasteiger partial charge is 0.399 e. The van der Waals surface area contributed by atoms with Crippen LogP contribution in [0.15, 0.2) is 72.8 Å². The van der Waals surface area contributed by atoms with E-state index in [-0.39, 0.29) is 0 Å². The molecule has 3 rings (SSSR count). The van der Waals surface area contributed by atoms with Gasteiger partial charge in [0.1, 0.15) is 0 Å². The quantitative estimate of drug-likeness (QED) is 0.249. The Morgan fingerprint density at radius 3 is 0.968 bits per heavy atom. The molecule has 0 saturated heterocycles. The van der Waals surface area contributed by atoms with E-state index in [1.54, 1.807) is 0 Å². The lowest BCUT2D eigenvalue weighted by atomic mass is 10.3. The summed E-state index contributed by atoms with van der Waals surface area (Å²) in [5.74, 6) is 0. The number of nitrogen functional groups attached to an aromatic ring is 3. The van der Waals surface area contributed by atoms with E-state index in [4.69, 9.17) is 17.2 Å². The molecule has 164 valence electrons. The second-order valence-electron chi connectivity index (χ2n) is 7.49. The fraction of sp³-hybridized carbons (Fsp3) is 0.250. The highest BCUT2D eigenvalue weighted by Gasteiger charge is 2.05. The van der Waals surface area contributed by atoms with E-state index in [0.717, 1.165) is 73.4 Å². The highest BCUT2D eigenvalue weighted by Crippen LogP contribution is 2.12. The van der Waals surface area contributed by atoms with E-state index >= 15 is 0 Å². The molecular weight excluding hydrogens is 386 g/mol. The van der Waals surface area contributed by atoms with Gasteiger partial charge >= 0.3 is 0 Å². The van der Waals surface area contributed by atoms with Crippen LogP contribution in [0.3, 0.4) is 0 Å². The molecule has 0 bridgehead atoms. The summed E-state index contributed by atoms with van der Waals surface area (Å²) in [5, 5.41) is 10.4. The summed E-state index contributed by atoms with van der Waals surface area (Å²) in [6.07, 6.45) is 0. The average molecular weight is 420 g/mol. The number of hydrogen-bond donors (Lipinski definition) is 6. The van der Waals surface area contributed by atoms with Crippen LogP contribution in [0.4, 0.5) is 34.1 Å². The van der Waals surface area contributed by atoms with Crippen LogP contribution in [0.5, 0.6) is 0 Å². The molecule has 3 aromatic rings. The van der Waals surface area contributed by atoms with Crippen molar-refractivity contribution in [3.8, 4) is 0 Å². The predicted molar refractivity (Wildman–Crippen MR) is 134 cm³/mol. The van der Waals surface area contributed by atoms with Crippen molar-refractivity contribution in [1.82, 2.24) is 4.90 Å². The molecule has 0 unspecified atom stereocenters. The fourth-order valence-corrected chi connectivity index (χ4v) is 3.21. The summed E-state index contributed by atoms with van der Waals surface area (Å²) in [4.78, 5) is 2.43. The number of hydrogen-bond acceptors (Lipinski definition) is 7. The third-order valence-electron chi connectivity index (χ3n) is 5.00. The minimum Gasteiger partial charge on any atom is -0.399 e. The van der Waals surface area contributed by atoms with Crippen molar-refractivity contribution >= 4 is 34.1 Å². The van der Waals surface area contributed by atoms with Crippen LogP contribution in [0.2, 0.25) is 0 Å². The van der Waals surface area contributed by atoms with Crippen molar-refractivity contribution < 1.29 is 0 Å². The number of nitrogens with two attached hydrogens (primary N) is 3. The van der Waals surface area contributed by atoms with Crippen LogP contribution in [0.25, 0.3) is 0 Å². The van der Waals surface area contributed by atoms with Gasteiger partial charge in [0.15, 0.2) is 0 Å². The van der Waals surface area contributed by atoms with Gasteiger partial charge in [-0.25, -0.2) is 0 Å². The summed E-state index contributed by atoms with van der Waals surface area (Å²) in [6, 6.07) is 23.5. The molecule has 3 aromatic carbocycles. The van der Waals surface area contributed by atoms with E-state index in [1.807, 2.05) is 72.8 Å². The van der Waals surface area contributed by atoms with Crippen LogP contribution >= 0.6 is 0 Å². The van der Waals surface area contributed by atoms with Gasteiger partial charge in [-0.2, -0.15) is 0 Å². The van der Waals surface area contributed by atoms with Gasteiger partial charge < -0.3 is 33.2 Å². The SMILES string of the molecule is Nc1ccc(NCCN(CCNc2ccc(N)cc2)CCNc2ccc(N)cc2)cc1. The highest BCUT2D eigenvalue weighted by molar-refractivity contribution is 5.52. The van der Waals surface area contributed by atoms with Crippen molar-refractivity contribution in [3.05, 3.63) is 72.8 Å². The lowest BCUT2D eigenvalue weighted by Crippen LogP contribution is -2.36. The number of benzene rings is 3. The molecule has 9 N–H and O–H groups in total. The van der Waals surface area contributed by atoms with Gasteiger partial charge in [0.05, 0.1) is 0 Å². The van der Waals surface area contributed by atoms with Crippen LogP contribution in [0.1, 0.15) is 0 Å². The zero-order chi connectivity index (χ0) is 21.9. The summed E-state index contributed by atoms with van der Waals surface area (Å²) >= 11 is 0. The lowest BCUT2D eigenvalue weighted by molar-refractivity contribution is 0.306. The average Bonchev–Trinajstić information content (AvgIpc) is 2.77. The second kappa shape index (κ2) is 11.6. The van der Waals surface area contributed by atoms with Gasteiger partial charge in [-0.15, -0.1) is 0 Å². The molecule has 0 aliphatic rings.